The van der Waals surface area contributed by atoms with Crippen molar-refractivity contribution < 1.29 is 23.5 Å². The molecule has 1 aliphatic rings. The summed E-state index contributed by atoms with van der Waals surface area (Å²) in [5, 5.41) is 2.23. The highest BCUT2D eigenvalue weighted by Gasteiger charge is 2.37. The minimum absolute atomic E-state index is 0.144. The molecule has 1 heterocycles. The molecule has 0 radical (unpaired) electrons. The molecule has 3 aromatic carbocycles. The van der Waals surface area contributed by atoms with Crippen LogP contribution in [0.3, 0.4) is 0 Å². The zero-order valence-corrected chi connectivity index (χ0v) is 18.1. The first-order valence-corrected chi connectivity index (χ1v) is 10.3. The Morgan fingerprint density at radius 3 is 2.30 bits per heavy atom. The number of hydrogen-bond acceptors (Lipinski definition) is 4. The monoisotopic (exact) mass is 444 g/mol. The molecule has 3 aromatic rings. The quantitative estimate of drug-likeness (QED) is 0.458. The van der Waals surface area contributed by atoms with E-state index in [-0.39, 0.29) is 18.0 Å². The van der Waals surface area contributed by atoms with Crippen molar-refractivity contribution in [3.8, 4) is 5.75 Å². The zero-order valence-electron chi connectivity index (χ0n) is 18.1. The summed E-state index contributed by atoms with van der Waals surface area (Å²) < 4.78 is 18.7. The highest BCUT2D eigenvalue weighted by atomic mass is 19.1. The number of anilines is 1. The van der Waals surface area contributed by atoms with Gasteiger partial charge in [0.1, 0.15) is 23.7 Å². The number of urea groups is 1. The molecular formula is C26H21FN2O4. The number of carbonyl (C=O) groups excluding carboxylic acids is 3. The van der Waals surface area contributed by atoms with Gasteiger partial charge in [-0.3, -0.25) is 14.9 Å². The molecule has 7 heteroatoms. The largest absolute Gasteiger partial charge is 0.489 e. The molecule has 1 N–H and O–H groups in total. The summed E-state index contributed by atoms with van der Waals surface area (Å²) in [6, 6.07) is 17.4. The van der Waals surface area contributed by atoms with Gasteiger partial charge in [-0.2, -0.15) is 0 Å². The van der Waals surface area contributed by atoms with E-state index < -0.39 is 17.8 Å². The molecule has 33 heavy (non-hydrogen) atoms. The van der Waals surface area contributed by atoms with Crippen molar-refractivity contribution >= 4 is 29.6 Å². The third kappa shape index (κ3) is 4.82. The Labute approximate surface area is 190 Å². The molecule has 0 spiro atoms. The Morgan fingerprint density at radius 1 is 0.939 bits per heavy atom. The van der Waals surface area contributed by atoms with Gasteiger partial charge in [-0.15, -0.1) is 0 Å². The number of hydrogen-bond donors (Lipinski definition) is 1. The molecule has 4 rings (SSSR count). The summed E-state index contributed by atoms with van der Waals surface area (Å²) in [5.74, 6) is -1.17. The van der Waals surface area contributed by atoms with Crippen LogP contribution in [0.15, 0.2) is 72.3 Å². The molecule has 6 nitrogen and oxygen atoms in total. The van der Waals surface area contributed by atoms with Gasteiger partial charge in [0.05, 0.1) is 5.69 Å². The van der Waals surface area contributed by atoms with Crippen molar-refractivity contribution in [1.82, 2.24) is 5.32 Å². The lowest BCUT2D eigenvalue weighted by molar-refractivity contribution is -0.122. The van der Waals surface area contributed by atoms with E-state index in [9.17, 15) is 18.8 Å². The number of halogens is 1. The number of nitrogens with one attached hydrogen (secondary N) is 1. The predicted molar refractivity (Wildman–Crippen MR) is 122 cm³/mol. The Bertz CT molecular complexity index is 1260. The maximum atomic E-state index is 13.1. The summed E-state index contributed by atoms with van der Waals surface area (Å²) in [5.41, 5.74) is 3.44. The average molecular weight is 444 g/mol. The molecular weight excluding hydrogens is 423 g/mol. The molecule has 1 aliphatic heterocycles. The Balaban J connectivity index is 1.53. The van der Waals surface area contributed by atoms with E-state index in [2.05, 4.69) is 5.32 Å². The number of nitrogens with zero attached hydrogens (tertiary/aromatic N) is 1. The minimum atomic E-state index is -0.779. The van der Waals surface area contributed by atoms with Crippen LogP contribution in [0.2, 0.25) is 0 Å². The highest BCUT2D eigenvalue weighted by molar-refractivity contribution is 6.39. The first-order valence-electron chi connectivity index (χ1n) is 10.3. The molecule has 0 unspecified atom stereocenters. The van der Waals surface area contributed by atoms with Gasteiger partial charge in [0, 0.05) is 0 Å². The van der Waals surface area contributed by atoms with Crippen molar-refractivity contribution in [2.24, 2.45) is 0 Å². The van der Waals surface area contributed by atoms with Crippen molar-refractivity contribution in [1.29, 1.82) is 0 Å². The van der Waals surface area contributed by atoms with Crippen molar-refractivity contribution in [2.45, 2.75) is 20.5 Å². The van der Waals surface area contributed by atoms with E-state index in [1.807, 2.05) is 13.0 Å². The number of barbiturate groups is 1. The second kappa shape index (κ2) is 9.08. The fourth-order valence-corrected chi connectivity index (χ4v) is 3.51. The fraction of sp³-hybridized carbons (Fsp3) is 0.115. The smallest absolute Gasteiger partial charge is 0.335 e. The minimum Gasteiger partial charge on any atom is -0.489 e. The topological polar surface area (TPSA) is 75.7 Å². The second-order valence-corrected chi connectivity index (χ2v) is 7.73. The average Bonchev–Trinajstić information content (AvgIpc) is 2.78. The number of aryl methyl sites for hydroxylation is 2. The van der Waals surface area contributed by atoms with Gasteiger partial charge in [0.25, 0.3) is 11.8 Å². The lowest BCUT2D eigenvalue weighted by Crippen LogP contribution is -2.54. The molecule has 0 aromatic heterocycles. The first-order chi connectivity index (χ1) is 15.8. The van der Waals surface area contributed by atoms with E-state index in [1.54, 1.807) is 55.5 Å². The van der Waals surface area contributed by atoms with Gasteiger partial charge in [-0.05, 0) is 66.9 Å². The molecule has 1 saturated heterocycles. The van der Waals surface area contributed by atoms with Crippen LogP contribution in [-0.2, 0) is 16.2 Å². The van der Waals surface area contributed by atoms with E-state index in [1.165, 1.54) is 18.2 Å². The van der Waals surface area contributed by atoms with Gasteiger partial charge in [-0.1, -0.05) is 42.0 Å². The summed E-state index contributed by atoms with van der Waals surface area (Å²) in [4.78, 5) is 38.8. The van der Waals surface area contributed by atoms with Crippen LogP contribution in [0.25, 0.3) is 6.08 Å². The lowest BCUT2D eigenvalue weighted by atomic mass is 10.0. The SMILES string of the molecule is Cc1ccc(N2C(=O)NC(=O)/C(=C\c3ccc(OCc4ccc(F)cc4)cc3)C2=O)c(C)c1. The predicted octanol–water partition coefficient (Wildman–Crippen LogP) is 4.69. The van der Waals surface area contributed by atoms with Crippen LogP contribution in [-0.4, -0.2) is 17.8 Å². The van der Waals surface area contributed by atoms with Crippen molar-refractivity contribution in [3.63, 3.8) is 0 Å². The van der Waals surface area contributed by atoms with Crippen LogP contribution in [0.5, 0.6) is 5.75 Å². The van der Waals surface area contributed by atoms with Crippen LogP contribution in [0.1, 0.15) is 22.3 Å². The van der Waals surface area contributed by atoms with Crippen molar-refractivity contribution in [2.75, 3.05) is 4.90 Å². The molecule has 0 saturated carbocycles. The fourth-order valence-electron chi connectivity index (χ4n) is 3.51. The number of rotatable bonds is 5. The molecule has 1 fully saturated rings. The third-order valence-electron chi connectivity index (χ3n) is 5.20. The number of imide groups is 2. The van der Waals surface area contributed by atoms with E-state index in [0.717, 1.165) is 21.6 Å². The van der Waals surface area contributed by atoms with Gasteiger partial charge >= 0.3 is 6.03 Å². The molecule has 4 amide bonds. The first kappa shape index (κ1) is 22.0. The van der Waals surface area contributed by atoms with E-state index in [4.69, 9.17) is 4.74 Å². The number of ether oxygens (including phenoxy) is 1. The maximum absolute atomic E-state index is 13.1. The maximum Gasteiger partial charge on any atom is 0.335 e. The summed E-state index contributed by atoms with van der Waals surface area (Å²) in [6.45, 7) is 3.98. The lowest BCUT2D eigenvalue weighted by Gasteiger charge is -2.27. The Morgan fingerprint density at radius 2 is 1.64 bits per heavy atom. The zero-order chi connectivity index (χ0) is 23.5. The van der Waals surface area contributed by atoms with Crippen LogP contribution >= 0.6 is 0 Å². The van der Waals surface area contributed by atoms with Gasteiger partial charge in [0.2, 0.25) is 0 Å². The van der Waals surface area contributed by atoms with E-state index in [0.29, 0.717) is 17.0 Å². The standard InChI is InChI=1S/C26H21FN2O4/c1-16-3-12-23(17(2)13-16)29-25(31)22(24(30)28-26(29)32)14-18-6-10-21(11-7-18)33-15-19-4-8-20(27)9-5-19/h3-14H,15H2,1-2H3,(H,28,30,32)/b22-14+. The number of amides is 4. The highest BCUT2D eigenvalue weighted by Crippen LogP contribution is 2.26. The van der Waals surface area contributed by atoms with Gasteiger partial charge in [-0.25, -0.2) is 14.1 Å². The van der Waals surface area contributed by atoms with Crippen LogP contribution in [0, 0.1) is 19.7 Å². The second-order valence-electron chi connectivity index (χ2n) is 7.73. The number of benzene rings is 3. The number of carbonyl (C=O) groups is 3. The van der Waals surface area contributed by atoms with Crippen molar-refractivity contribution in [3.05, 3.63) is 100 Å². The van der Waals surface area contributed by atoms with Gasteiger partial charge in [0.15, 0.2) is 0 Å². The Hall–Kier alpha value is -4.26. The normalized spacial score (nSPS) is 15.1. The molecule has 0 atom stereocenters. The molecule has 166 valence electrons. The third-order valence-corrected chi connectivity index (χ3v) is 5.20. The van der Waals surface area contributed by atoms with E-state index >= 15 is 0 Å². The summed E-state index contributed by atoms with van der Waals surface area (Å²) in [6.07, 6.45) is 1.43. The Kier molecular flexibility index (Phi) is 6.04. The van der Waals surface area contributed by atoms with Crippen LogP contribution < -0.4 is 15.0 Å². The van der Waals surface area contributed by atoms with Gasteiger partial charge < -0.3 is 4.74 Å². The summed E-state index contributed by atoms with van der Waals surface area (Å²) in [7, 11) is 0. The van der Waals surface area contributed by atoms with Crippen LogP contribution in [0.4, 0.5) is 14.9 Å². The summed E-state index contributed by atoms with van der Waals surface area (Å²) >= 11 is 0. The molecule has 0 aliphatic carbocycles. The molecule has 0 bridgehead atoms.